The molecule has 0 aromatic carbocycles. The summed E-state index contributed by atoms with van der Waals surface area (Å²) in [5.74, 6) is 0.0641. The fraction of sp³-hybridized carbons (Fsp3) is 0.909. The van der Waals surface area contributed by atoms with Crippen molar-refractivity contribution >= 4 is 5.91 Å². The highest BCUT2D eigenvalue weighted by molar-refractivity contribution is 5.81. The van der Waals surface area contributed by atoms with Gasteiger partial charge in [0.15, 0.2) is 0 Å². The van der Waals surface area contributed by atoms with Crippen LogP contribution in [-0.2, 0) is 4.79 Å². The van der Waals surface area contributed by atoms with Gasteiger partial charge in [0.05, 0.1) is 0 Å². The number of nitrogens with one attached hydrogen (secondary N) is 1. The van der Waals surface area contributed by atoms with Crippen molar-refractivity contribution in [1.29, 1.82) is 0 Å². The molecule has 3 heteroatoms. The average molecular weight is 200 g/mol. The molecule has 0 saturated carbocycles. The third-order valence-corrected chi connectivity index (χ3v) is 2.69. The molecule has 0 aliphatic rings. The molecule has 0 bridgehead atoms. The molecule has 0 unspecified atom stereocenters. The van der Waals surface area contributed by atoms with Crippen molar-refractivity contribution in [2.24, 2.45) is 11.1 Å². The minimum absolute atomic E-state index is 0.0641. The number of nitrogens with two attached hydrogens (primary N) is 1. The fourth-order valence-corrected chi connectivity index (χ4v) is 1.02. The summed E-state index contributed by atoms with van der Waals surface area (Å²) in [6.45, 7) is 10.4. The molecule has 0 fully saturated rings. The summed E-state index contributed by atoms with van der Waals surface area (Å²) in [6, 6.07) is 0. The molecule has 0 aliphatic carbocycles. The summed E-state index contributed by atoms with van der Waals surface area (Å²) >= 11 is 0. The van der Waals surface area contributed by atoms with E-state index in [0.29, 0.717) is 6.54 Å². The first-order valence-electron chi connectivity index (χ1n) is 5.32. The van der Waals surface area contributed by atoms with E-state index in [1.54, 1.807) is 0 Å². The van der Waals surface area contributed by atoms with Crippen LogP contribution in [0.15, 0.2) is 0 Å². The molecular weight excluding hydrogens is 176 g/mol. The van der Waals surface area contributed by atoms with E-state index in [1.165, 1.54) is 0 Å². The molecular formula is C11H24N2O. The lowest BCUT2D eigenvalue weighted by atomic mass is 9.92. The number of hydrogen-bond donors (Lipinski definition) is 2. The molecule has 3 nitrogen and oxygen atoms in total. The van der Waals surface area contributed by atoms with Gasteiger partial charge >= 0.3 is 0 Å². The van der Waals surface area contributed by atoms with Crippen LogP contribution in [0.2, 0.25) is 0 Å². The van der Waals surface area contributed by atoms with Crippen LogP contribution in [0.5, 0.6) is 0 Å². The summed E-state index contributed by atoms with van der Waals surface area (Å²) < 4.78 is 0. The zero-order chi connectivity index (χ0) is 11.4. The third-order valence-electron chi connectivity index (χ3n) is 2.69. The molecule has 0 heterocycles. The van der Waals surface area contributed by atoms with Crippen LogP contribution in [0.25, 0.3) is 0 Å². The Morgan fingerprint density at radius 1 is 1.21 bits per heavy atom. The van der Waals surface area contributed by atoms with Gasteiger partial charge in [0.2, 0.25) is 5.91 Å². The second-order valence-corrected chi connectivity index (χ2v) is 5.00. The predicted molar refractivity (Wildman–Crippen MR) is 60.0 cm³/mol. The first-order valence-corrected chi connectivity index (χ1v) is 5.32. The van der Waals surface area contributed by atoms with Gasteiger partial charge in [-0.2, -0.15) is 0 Å². The third kappa shape index (κ3) is 4.09. The Morgan fingerprint density at radius 2 is 1.64 bits per heavy atom. The molecule has 14 heavy (non-hydrogen) atoms. The number of carbonyl (C=O) groups excluding carboxylic acids is 1. The Kier molecular flexibility index (Phi) is 4.59. The smallest absolute Gasteiger partial charge is 0.225 e. The maximum absolute atomic E-state index is 11.6. The highest BCUT2D eigenvalue weighted by Gasteiger charge is 2.25. The first-order chi connectivity index (χ1) is 6.25. The van der Waals surface area contributed by atoms with Crippen LogP contribution in [-0.4, -0.2) is 18.0 Å². The van der Waals surface area contributed by atoms with Gasteiger partial charge in [-0.1, -0.05) is 34.6 Å². The van der Waals surface area contributed by atoms with Gasteiger partial charge in [0, 0.05) is 17.5 Å². The molecule has 0 atom stereocenters. The molecule has 0 aromatic rings. The quantitative estimate of drug-likeness (QED) is 0.725. The summed E-state index contributed by atoms with van der Waals surface area (Å²) in [6.07, 6.45) is 1.77. The van der Waals surface area contributed by atoms with E-state index in [2.05, 4.69) is 5.32 Å². The monoisotopic (exact) mass is 200 g/mol. The Bertz CT molecular complexity index is 190. The Labute approximate surface area is 87.4 Å². The van der Waals surface area contributed by atoms with Gasteiger partial charge < -0.3 is 11.1 Å². The summed E-state index contributed by atoms with van der Waals surface area (Å²) in [4.78, 5) is 11.6. The summed E-state index contributed by atoms with van der Waals surface area (Å²) in [5, 5.41) is 2.90. The number of rotatable bonds is 4. The van der Waals surface area contributed by atoms with Crippen LogP contribution in [0.4, 0.5) is 0 Å². The lowest BCUT2D eigenvalue weighted by Crippen LogP contribution is -2.51. The Morgan fingerprint density at radius 3 is 1.93 bits per heavy atom. The molecule has 0 saturated heterocycles. The van der Waals surface area contributed by atoms with E-state index < -0.39 is 0 Å². The van der Waals surface area contributed by atoms with Crippen LogP contribution in [0.1, 0.15) is 47.5 Å². The molecule has 0 spiro atoms. The van der Waals surface area contributed by atoms with E-state index in [0.717, 1.165) is 12.8 Å². The summed E-state index contributed by atoms with van der Waals surface area (Å²) in [7, 11) is 0. The largest absolute Gasteiger partial charge is 0.354 e. The van der Waals surface area contributed by atoms with Gasteiger partial charge in [0.25, 0.3) is 0 Å². The van der Waals surface area contributed by atoms with Crippen LogP contribution >= 0.6 is 0 Å². The number of amides is 1. The van der Waals surface area contributed by atoms with Crippen molar-refractivity contribution in [1.82, 2.24) is 5.32 Å². The van der Waals surface area contributed by atoms with Gasteiger partial charge in [-0.25, -0.2) is 0 Å². The van der Waals surface area contributed by atoms with E-state index in [9.17, 15) is 4.79 Å². The fourth-order valence-electron chi connectivity index (χ4n) is 1.02. The minimum Gasteiger partial charge on any atom is -0.354 e. The Hall–Kier alpha value is -0.570. The zero-order valence-corrected chi connectivity index (χ0v) is 10.1. The van der Waals surface area contributed by atoms with Crippen LogP contribution in [0.3, 0.4) is 0 Å². The minimum atomic E-state index is -0.331. The van der Waals surface area contributed by atoms with E-state index in [1.807, 2.05) is 34.6 Å². The molecule has 3 N–H and O–H groups in total. The van der Waals surface area contributed by atoms with Gasteiger partial charge in [0.1, 0.15) is 0 Å². The predicted octanol–water partition coefficient (Wildman–Crippen LogP) is 1.67. The van der Waals surface area contributed by atoms with Gasteiger partial charge in [-0.15, -0.1) is 0 Å². The van der Waals surface area contributed by atoms with Crippen molar-refractivity contribution in [2.75, 3.05) is 6.54 Å². The van der Waals surface area contributed by atoms with Crippen LogP contribution in [0, 0.1) is 5.41 Å². The zero-order valence-electron chi connectivity index (χ0n) is 10.1. The maximum atomic E-state index is 11.6. The normalized spacial score (nSPS) is 12.7. The van der Waals surface area contributed by atoms with Gasteiger partial charge in [-0.05, 0) is 12.8 Å². The molecule has 0 rings (SSSR count). The number of hydrogen-bond acceptors (Lipinski definition) is 2. The standard InChI is InChI=1S/C11H24N2O/c1-6-11(12,7-2)8-13-9(14)10(3,4)5/h6-8,12H2,1-5H3,(H,13,14). The maximum Gasteiger partial charge on any atom is 0.225 e. The first kappa shape index (κ1) is 13.4. The van der Waals surface area contributed by atoms with E-state index in [-0.39, 0.29) is 16.9 Å². The lowest BCUT2D eigenvalue weighted by Gasteiger charge is -2.28. The highest BCUT2D eigenvalue weighted by Crippen LogP contribution is 2.14. The van der Waals surface area contributed by atoms with Crippen LogP contribution < -0.4 is 11.1 Å². The van der Waals surface area contributed by atoms with E-state index in [4.69, 9.17) is 5.73 Å². The van der Waals surface area contributed by atoms with Gasteiger partial charge in [-0.3, -0.25) is 4.79 Å². The molecule has 84 valence electrons. The highest BCUT2D eigenvalue weighted by atomic mass is 16.2. The Balaban J connectivity index is 4.12. The number of carbonyl (C=O) groups is 1. The van der Waals surface area contributed by atoms with Crippen molar-refractivity contribution in [3.05, 3.63) is 0 Å². The topological polar surface area (TPSA) is 55.1 Å². The van der Waals surface area contributed by atoms with Crippen molar-refractivity contribution in [3.63, 3.8) is 0 Å². The second-order valence-electron chi connectivity index (χ2n) is 5.00. The van der Waals surface area contributed by atoms with Crippen molar-refractivity contribution in [3.8, 4) is 0 Å². The molecule has 0 aliphatic heterocycles. The molecule has 0 radical (unpaired) electrons. The summed E-state index contributed by atoms with van der Waals surface area (Å²) in [5.41, 5.74) is 5.49. The molecule has 0 aromatic heterocycles. The SMILES string of the molecule is CCC(N)(CC)CNC(=O)C(C)(C)C. The average Bonchev–Trinajstić information content (AvgIpc) is 2.12. The molecule has 1 amide bonds. The lowest BCUT2D eigenvalue weighted by molar-refractivity contribution is -0.128. The second kappa shape index (κ2) is 4.78. The van der Waals surface area contributed by atoms with E-state index >= 15 is 0 Å². The van der Waals surface area contributed by atoms with Crippen molar-refractivity contribution in [2.45, 2.75) is 53.0 Å². The van der Waals surface area contributed by atoms with Crippen molar-refractivity contribution < 1.29 is 4.79 Å².